The Kier molecular flexibility index (Phi) is 3.12. The van der Waals surface area contributed by atoms with Gasteiger partial charge in [0, 0.05) is 5.69 Å². The molecule has 0 bridgehead atoms. The Labute approximate surface area is 84.3 Å². The van der Waals surface area contributed by atoms with Gasteiger partial charge >= 0.3 is 0 Å². The van der Waals surface area contributed by atoms with E-state index in [-0.39, 0.29) is 11.9 Å². The molecule has 3 heteroatoms. The first kappa shape index (κ1) is 10.6. The summed E-state index contributed by atoms with van der Waals surface area (Å²) >= 11 is 0. The molecular formula is C11H16N2O. The van der Waals surface area contributed by atoms with Crippen LogP contribution >= 0.6 is 0 Å². The summed E-state index contributed by atoms with van der Waals surface area (Å²) in [6.45, 7) is 5.76. The molecule has 1 aromatic rings. The van der Waals surface area contributed by atoms with Crippen LogP contribution in [0.1, 0.15) is 18.1 Å². The van der Waals surface area contributed by atoms with Crippen molar-refractivity contribution in [3.63, 3.8) is 0 Å². The van der Waals surface area contributed by atoms with E-state index in [0.717, 1.165) is 16.8 Å². The Bertz CT molecular complexity index is 347. The van der Waals surface area contributed by atoms with E-state index in [4.69, 9.17) is 5.73 Å². The van der Waals surface area contributed by atoms with Crippen molar-refractivity contribution in [1.82, 2.24) is 0 Å². The van der Waals surface area contributed by atoms with Crippen molar-refractivity contribution in [1.29, 1.82) is 0 Å². The van der Waals surface area contributed by atoms with Crippen molar-refractivity contribution >= 4 is 11.6 Å². The predicted octanol–water partition coefficient (Wildman–Crippen LogP) is 1.59. The van der Waals surface area contributed by atoms with Gasteiger partial charge in [-0.3, -0.25) is 4.79 Å². The van der Waals surface area contributed by atoms with Gasteiger partial charge in [-0.15, -0.1) is 0 Å². The number of nitrogens with one attached hydrogen (secondary N) is 1. The molecule has 3 nitrogen and oxygen atoms in total. The van der Waals surface area contributed by atoms with Gasteiger partial charge in [-0.25, -0.2) is 0 Å². The van der Waals surface area contributed by atoms with Crippen LogP contribution in [0.2, 0.25) is 0 Å². The monoisotopic (exact) mass is 192 g/mol. The fraction of sp³-hybridized carbons (Fsp3) is 0.364. The van der Waals surface area contributed by atoms with Crippen LogP contribution in [0.15, 0.2) is 18.2 Å². The van der Waals surface area contributed by atoms with Gasteiger partial charge in [0.25, 0.3) is 0 Å². The molecular weight excluding hydrogens is 176 g/mol. The second-order valence-electron chi connectivity index (χ2n) is 3.59. The van der Waals surface area contributed by atoms with Gasteiger partial charge in [0.1, 0.15) is 6.04 Å². The summed E-state index contributed by atoms with van der Waals surface area (Å²) in [5.74, 6) is -0.342. The second-order valence-corrected chi connectivity index (χ2v) is 3.59. The van der Waals surface area contributed by atoms with E-state index in [2.05, 4.69) is 5.32 Å². The van der Waals surface area contributed by atoms with Crippen molar-refractivity contribution in [2.75, 3.05) is 5.32 Å². The molecule has 1 aromatic carbocycles. The maximum Gasteiger partial charge on any atom is 0.239 e. The number of hydrogen-bond donors (Lipinski definition) is 2. The molecule has 0 saturated heterocycles. The summed E-state index contributed by atoms with van der Waals surface area (Å²) in [7, 11) is 0. The van der Waals surface area contributed by atoms with Gasteiger partial charge in [0.2, 0.25) is 5.91 Å². The average Bonchev–Trinajstić information content (AvgIpc) is 2.11. The molecule has 0 saturated carbocycles. The minimum Gasteiger partial charge on any atom is -0.374 e. The number of aryl methyl sites for hydroxylation is 2. The SMILES string of the molecule is Cc1ccc(C)c(NC(C)C(N)=O)c1. The summed E-state index contributed by atoms with van der Waals surface area (Å²) in [6, 6.07) is 5.73. The molecule has 0 fully saturated rings. The number of carbonyl (C=O) groups is 1. The molecule has 76 valence electrons. The molecule has 0 aliphatic heterocycles. The van der Waals surface area contributed by atoms with Crippen LogP contribution in [0.25, 0.3) is 0 Å². The smallest absolute Gasteiger partial charge is 0.239 e. The van der Waals surface area contributed by atoms with E-state index in [1.54, 1.807) is 6.92 Å². The molecule has 0 aliphatic rings. The van der Waals surface area contributed by atoms with Gasteiger partial charge in [-0.05, 0) is 38.0 Å². The number of anilines is 1. The minimum absolute atomic E-state index is 0.338. The summed E-state index contributed by atoms with van der Waals surface area (Å²) in [5.41, 5.74) is 8.42. The number of carbonyl (C=O) groups excluding carboxylic acids is 1. The van der Waals surface area contributed by atoms with Crippen LogP contribution in [0.4, 0.5) is 5.69 Å². The molecule has 1 atom stereocenters. The van der Waals surface area contributed by atoms with Crippen LogP contribution in [0.5, 0.6) is 0 Å². The number of benzene rings is 1. The lowest BCUT2D eigenvalue weighted by Crippen LogP contribution is -2.32. The lowest BCUT2D eigenvalue weighted by Gasteiger charge is -2.14. The van der Waals surface area contributed by atoms with Gasteiger partial charge in [-0.1, -0.05) is 12.1 Å². The molecule has 0 heterocycles. The fourth-order valence-corrected chi connectivity index (χ4v) is 1.20. The highest BCUT2D eigenvalue weighted by molar-refractivity contribution is 5.82. The van der Waals surface area contributed by atoms with E-state index in [9.17, 15) is 4.79 Å². The lowest BCUT2D eigenvalue weighted by molar-refractivity contribution is -0.118. The van der Waals surface area contributed by atoms with E-state index in [0.29, 0.717) is 0 Å². The van der Waals surface area contributed by atoms with Crippen molar-refractivity contribution in [2.24, 2.45) is 5.73 Å². The number of amides is 1. The highest BCUT2D eigenvalue weighted by Crippen LogP contribution is 2.16. The third kappa shape index (κ3) is 2.49. The molecule has 0 spiro atoms. The summed E-state index contributed by atoms with van der Waals surface area (Å²) < 4.78 is 0. The Morgan fingerprint density at radius 2 is 2.07 bits per heavy atom. The van der Waals surface area contributed by atoms with Gasteiger partial charge in [0.05, 0.1) is 0 Å². The highest BCUT2D eigenvalue weighted by Gasteiger charge is 2.08. The van der Waals surface area contributed by atoms with Gasteiger partial charge < -0.3 is 11.1 Å². The van der Waals surface area contributed by atoms with E-state index in [1.807, 2.05) is 32.0 Å². The van der Waals surface area contributed by atoms with Gasteiger partial charge in [-0.2, -0.15) is 0 Å². The summed E-state index contributed by atoms with van der Waals surface area (Å²) in [4.78, 5) is 10.9. The summed E-state index contributed by atoms with van der Waals surface area (Å²) in [5, 5.41) is 3.08. The maximum atomic E-state index is 10.9. The molecule has 1 amide bonds. The first-order valence-corrected chi connectivity index (χ1v) is 4.64. The molecule has 0 radical (unpaired) electrons. The zero-order valence-electron chi connectivity index (χ0n) is 8.79. The first-order valence-electron chi connectivity index (χ1n) is 4.64. The van der Waals surface area contributed by atoms with Crippen molar-refractivity contribution < 1.29 is 4.79 Å². The van der Waals surface area contributed by atoms with Crippen molar-refractivity contribution in [3.8, 4) is 0 Å². The van der Waals surface area contributed by atoms with Crippen LogP contribution in [0, 0.1) is 13.8 Å². The second kappa shape index (κ2) is 4.13. The molecule has 0 aliphatic carbocycles. The Hall–Kier alpha value is -1.51. The van der Waals surface area contributed by atoms with Crippen molar-refractivity contribution in [3.05, 3.63) is 29.3 Å². The average molecular weight is 192 g/mol. The molecule has 0 aromatic heterocycles. The van der Waals surface area contributed by atoms with Gasteiger partial charge in [0.15, 0.2) is 0 Å². The Balaban J connectivity index is 2.85. The van der Waals surface area contributed by atoms with Crippen LogP contribution < -0.4 is 11.1 Å². The zero-order chi connectivity index (χ0) is 10.7. The number of nitrogens with two attached hydrogens (primary N) is 1. The van der Waals surface area contributed by atoms with Crippen LogP contribution in [0.3, 0.4) is 0 Å². The number of rotatable bonds is 3. The lowest BCUT2D eigenvalue weighted by atomic mass is 10.1. The largest absolute Gasteiger partial charge is 0.374 e. The third-order valence-corrected chi connectivity index (χ3v) is 2.19. The fourth-order valence-electron chi connectivity index (χ4n) is 1.20. The first-order chi connectivity index (χ1) is 6.50. The van der Waals surface area contributed by atoms with Crippen molar-refractivity contribution in [2.45, 2.75) is 26.8 Å². The normalized spacial score (nSPS) is 12.2. The maximum absolute atomic E-state index is 10.9. The Morgan fingerprint density at radius 1 is 1.43 bits per heavy atom. The minimum atomic E-state index is -0.342. The molecule has 14 heavy (non-hydrogen) atoms. The topological polar surface area (TPSA) is 55.1 Å². The van der Waals surface area contributed by atoms with Crippen LogP contribution in [-0.2, 0) is 4.79 Å². The van der Waals surface area contributed by atoms with Crippen LogP contribution in [-0.4, -0.2) is 11.9 Å². The summed E-state index contributed by atoms with van der Waals surface area (Å²) in [6.07, 6.45) is 0. The highest BCUT2D eigenvalue weighted by atomic mass is 16.1. The van der Waals surface area contributed by atoms with E-state index in [1.165, 1.54) is 0 Å². The Morgan fingerprint density at radius 3 is 2.64 bits per heavy atom. The number of primary amides is 1. The number of hydrogen-bond acceptors (Lipinski definition) is 2. The predicted molar refractivity (Wildman–Crippen MR) is 58.2 cm³/mol. The molecule has 3 N–H and O–H groups in total. The standard InChI is InChI=1S/C11H16N2O/c1-7-4-5-8(2)10(6-7)13-9(3)11(12)14/h4-6,9,13H,1-3H3,(H2,12,14). The molecule has 1 rings (SSSR count). The van der Waals surface area contributed by atoms with E-state index >= 15 is 0 Å². The van der Waals surface area contributed by atoms with E-state index < -0.39 is 0 Å². The molecule has 1 unspecified atom stereocenters. The quantitative estimate of drug-likeness (QED) is 0.764. The zero-order valence-corrected chi connectivity index (χ0v) is 8.79. The third-order valence-electron chi connectivity index (χ3n) is 2.19.